The second kappa shape index (κ2) is 8.38. The van der Waals surface area contributed by atoms with Gasteiger partial charge in [0, 0.05) is 24.6 Å². The number of ether oxygens (including phenoxy) is 3. The average Bonchev–Trinajstić information content (AvgIpc) is 2.59. The third kappa shape index (κ3) is 4.20. The van der Waals surface area contributed by atoms with Crippen molar-refractivity contribution < 1.29 is 19.0 Å². The lowest BCUT2D eigenvalue weighted by atomic mass is 9.87. The Balaban J connectivity index is 2.07. The van der Waals surface area contributed by atoms with Gasteiger partial charge in [-0.25, -0.2) is 0 Å². The molecule has 134 valence electrons. The van der Waals surface area contributed by atoms with Crippen LogP contribution in [0.4, 0.5) is 0 Å². The summed E-state index contributed by atoms with van der Waals surface area (Å²) in [5.74, 6) is 1.93. The molecule has 0 spiro atoms. The highest BCUT2D eigenvalue weighted by Gasteiger charge is 2.29. The minimum Gasteiger partial charge on any atom is -0.493 e. The van der Waals surface area contributed by atoms with Crippen molar-refractivity contribution in [1.82, 2.24) is 5.32 Å². The number of methoxy groups -OCH3 is 2. The molecular formula is C19H29NO4. The monoisotopic (exact) mass is 335 g/mol. The molecule has 2 rings (SSSR count). The third-order valence-corrected chi connectivity index (χ3v) is 4.65. The van der Waals surface area contributed by atoms with Crippen LogP contribution in [0, 0.1) is 18.8 Å². The fourth-order valence-corrected chi connectivity index (χ4v) is 3.36. The van der Waals surface area contributed by atoms with Crippen LogP contribution in [0.15, 0.2) is 12.1 Å². The van der Waals surface area contributed by atoms with Gasteiger partial charge in [-0.1, -0.05) is 13.8 Å². The Labute approximate surface area is 144 Å². The van der Waals surface area contributed by atoms with Gasteiger partial charge in [-0.2, -0.15) is 0 Å². The first-order valence-corrected chi connectivity index (χ1v) is 8.60. The highest BCUT2D eigenvalue weighted by atomic mass is 16.5. The Kier molecular flexibility index (Phi) is 6.49. The maximum atomic E-state index is 12.6. The van der Waals surface area contributed by atoms with Gasteiger partial charge in [0.2, 0.25) is 0 Å². The largest absolute Gasteiger partial charge is 0.493 e. The van der Waals surface area contributed by atoms with Crippen molar-refractivity contribution in [3.63, 3.8) is 0 Å². The van der Waals surface area contributed by atoms with Crippen LogP contribution in [0.3, 0.4) is 0 Å². The molecule has 5 heteroatoms. The lowest BCUT2D eigenvalue weighted by Crippen LogP contribution is -2.41. The molecule has 0 unspecified atom stereocenters. The number of amides is 1. The van der Waals surface area contributed by atoms with Gasteiger partial charge in [0.25, 0.3) is 5.91 Å². The van der Waals surface area contributed by atoms with E-state index in [1.165, 1.54) is 0 Å². The summed E-state index contributed by atoms with van der Waals surface area (Å²) in [6, 6.07) is 3.56. The summed E-state index contributed by atoms with van der Waals surface area (Å²) >= 11 is 0. The van der Waals surface area contributed by atoms with Crippen molar-refractivity contribution in [2.45, 2.75) is 39.7 Å². The molecule has 0 aliphatic carbocycles. The highest BCUT2D eigenvalue weighted by Crippen LogP contribution is 2.30. The van der Waals surface area contributed by atoms with Gasteiger partial charge in [-0.3, -0.25) is 4.79 Å². The molecule has 1 amide bonds. The van der Waals surface area contributed by atoms with Gasteiger partial charge in [0.1, 0.15) is 0 Å². The van der Waals surface area contributed by atoms with Gasteiger partial charge in [-0.15, -0.1) is 0 Å². The first kappa shape index (κ1) is 18.6. The molecule has 1 aromatic carbocycles. The molecule has 1 heterocycles. The number of carbonyl (C=O) groups excluding carboxylic acids is 1. The number of benzene rings is 1. The summed E-state index contributed by atoms with van der Waals surface area (Å²) in [6.45, 7) is 7.70. The van der Waals surface area contributed by atoms with Crippen LogP contribution in [0.5, 0.6) is 11.5 Å². The van der Waals surface area contributed by atoms with E-state index in [1.54, 1.807) is 20.3 Å². The molecule has 1 N–H and O–H groups in total. The van der Waals surface area contributed by atoms with Gasteiger partial charge < -0.3 is 19.5 Å². The molecule has 0 saturated carbocycles. The molecule has 0 bridgehead atoms. The molecule has 1 aromatic rings. The molecule has 2 atom stereocenters. The number of hydrogen-bond acceptors (Lipinski definition) is 4. The van der Waals surface area contributed by atoms with Gasteiger partial charge in [-0.05, 0) is 43.4 Å². The summed E-state index contributed by atoms with van der Waals surface area (Å²) in [6.07, 6.45) is 2.36. The van der Waals surface area contributed by atoms with Crippen molar-refractivity contribution in [3.8, 4) is 11.5 Å². The Hall–Kier alpha value is -1.75. The summed E-state index contributed by atoms with van der Waals surface area (Å²) in [4.78, 5) is 12.6. The second-order valence-corrected chi connectivity index (χ2v) is 6.71. The molecule has 24 heavy (non-hydrogen) atoms. The van der Waals surface area contributed by atoms with E-state index in [2.05, 4.69) is 19.2 Å². The standard InChI is InChI=1S/C19H29NO4/c1-12(2)18-14(7-6-8-24-18)11-20-19(21)15-10-17(23-5)16(22-4)9-13(15)3/h9-10,12,14,18H,6-8,11H2,1-5H3,(H,20,21)/t14-,18-/m1/s1. The van der Waals surface area contributed by atoms with Crippen LogP contribution in [-0.4, -0.2) is 39.4 Å². The van der Waals surface area contributed by atoms with Gasteiger partial charge >= 0.3 is 0 Å². The van der Waals surface area contributed by atoms with Gasteiger partial charge in [0.05, 0.1) is 20.3 Å². The predicted molar refractivity (Wildman–Crippen MR) is 93.9 cm³/mol. The number of nitrogens with one attached hydrogen (secondary N) is 1. The second-order valence-electron chi connectivity index (χ2n) is 6.71. The molecule has 1 fully saturated rings. The van der Waals surface area contributed by atoms with Crippen LogP contribution < -0.4 is 14.8 Å². The zero-order chi connectivity index (χ0) is 17.7. The number of aryl methyl sites for hydroxylation is 1. The topological polar surface area (TPSA) is 56.8 Å². The van der Waals surface area contributed by atoms with Crippen molar-refractivity contribution in [3.05, 3.63) is 23.3 Å². The maximum Gasteiger partial charge on any atom is 0.251 e. The Morgan fingerprint density at radius 3 is 2.58 bits per heavy atom. The third-order valence-electron chi connectivity index (χ3n) is 4.65. The van der Waals surface area contributed by atoms with E-state index < -0.39 is 0 Å². The van der Waals surface area contributed by atoms with Crippen LogP contribution in [0.25, 0.3) is 0 Å². The normalized spacial score (nSPS) is 20.8. The first-order valence-electron chi connectivity index (χ1n) is 8.60. The minimum absolute atomic E-state index is 0.0819. The molecule has 0 aromatic heterocycles. The molecule has 5 nitrogen and oxygen atoms in total. The van der Waals surface area contributed by atoms with E-state index in [0.29, 0.717) is 35.4 Å². The Bertz CT molecular complexity index is 571. The molecule has 0 radical (unpaired) electrons. The molecular weight excluding hydrogens is 306 g/mol. The summed E-state index contributed by atoms with van der Waals surface area (Å²) in [7, 11) is 3.16. The summed E-state index contributed by atoms with van der Waals surface area (Å²) in [5, 5.41) is 3.07. The molecule has 1 saturated heterocycles. The van der Waals surface area contributed by atoms with Crippen LogP contribution in [-0.2, 0) is 4.74 Å². The van der Waals surface area contributed by atoms with E-state index in [0.717, 1.165) is 25.0 Å². The summed E-state index contributed by atoms with van der Waals surface area (Å²) in [5.41, 5.74) is 1.48. The number of rotatable bonds is 6. The molecule has 1 aliphatic heterocycles. The Morgan fingerprint density at radius 1 is 1.29 bits per heavy atom. The van der Waals surface area contributed by atoms with Crippen LogP contribution in [0.2, 0.25) is 0 Å². The van der Waals surface area contributed by atoms with E-state index in [9.17, 15) is 4.79 Å². The van der Waals surface area contributed by atoms with Crippen LogP contribution in [0.1, 0.15) is 42.6 Å². The minimum atomic E-state index is -0.0819. The van der Waals surface area contributed by atoms with Crippen molar-refractivity contribution in [2.75, 3.05) is 27.4 Å². The quantitative estimate of drug-likeness (QED) is 0.867. The zero-order valence-electron chi connectivity index (χ0n) is 15.3. The van der Waals surface area contributed by atoms with E-state index in [4.69, 9.17) is 14.2 Å². The zero-order valence-corrected chi connectivity index (χ0v) is 15.3. The van der Waals surface area contributed by atoms with E-state index in [1.807, 2.05) is 13.0 Å². The van der Waals surface area contributed by atoms with E-state index in [-0.39, 0.29) is 12.0 Å². The fraction of sp³-hybridized carbons (Fsp3) is 0.632. The lowest BCUT2D eigenvalue weighted by molar-refractivity contribution is -0.0510. The highest BCUT2D eigenvalue weighted by molar-refractivity contribution is 5.96. The van der Waals surface area contributed by atoms with Crippen molar-refractivity contribution >= 4 is 5.91 Å². The lowest BCUT2D eigenvalue weighted by Gasteiger charge is -2.34. The average molecular weight is 335 g/mol. The van der Waals surface area contributed by atoms with Crippen LogP contribution >= 0.6 is 0 Å². The smallest absolute Gasteiger partial charge is 0.251 e. The fourth-order valence-electron chi connectivity index (χ4n) is 3.36. The maximum absolute atomic E-state index is 12.6. The van der Waals surface area contributed by atoms with E-state index >= 15 is 0 Å². The SMILES string of the molecule is COc1cc(C)c(C(=O)NC[C@H]2CCCO[C@@H]2C(C)C)cc1OC. The van der Waals surface area contributed by atoms with Crippen molar-refractivity contribution in [2.24, 2.45) is 11.8 Å². The van der Waals surface area contributed by atoms with Gasteiger partial charge in [0.15, 0.2) is 11.5 Å². The number of carbonyl (C=O) groups is 1. The van der Waals surface area contributed by atoms with Crippen molar-refractivity contribution in [1.29, 1.82) is 0 Å². The predicted octanol–water partition coefficient (Wildman–Crippen LogP) is 3.19. The number of hydrogen-bond donors (Lipinski definition) is 1. The molecule has 1 aliphatic rings. The summed E-state index contributed by atoms with van der Waals surface area (Å²) < 4.78 is 16.5. The Morgan fingerprint density at radius 2 is 1.96 bits per heavy atom. The first-order chi connectivity index (χ1) is 11.5.